The molecule has 0 aliphatic rings. The molecule has 19 heavy (non-hydrogen) atoms. The van der Waals surface area contributed by atoms with E-state index in [2.05, 4.69) is 0 Å². The van der Waals surface area contributed by atoms with Crippen LogP contribution in [0.5, 0.6) is 11.5 Å². The molecule has 3 nitrogen and oxygen atoms in total. The van der Waals surface area contributed by atoms with E-state index in [1.165, 1.54) is 0 Å². The first-order valence-electron chi connectivity index (χ1n) is 6.19. The minimum absolute atomic E-state index is 0.0231. The zero-order chi connectivity index (χ0) is 13.7. The van der Waals surface area contributed by atoms with Gasteiger partial charge in [-0.05, 0) is 29.7 Å². The third-order valence-electron chi connectivity index (χ3n) is 3.08. The predicted octanol–water partition coefficient (Wildman–Crippen LogP) is 3.07. The Morgan fingerprint density at radius 3 is 2.47 bits per heavy atom. The smallest absolute Gasteiger partial charge is 0.126 e. The molecule has 2 aromatic carbocycles. The lowest BCUT2D eigenvalue weighted by atomic mass is 10.1. The highest BCUT2D eigenvalue weighted by Crippen LogP contribution is 2.28. The molecule has 0 aliphatic carbocycles. The summed E-state index contributed by atoms with van der Waals surface area (Å²) in [5, 5.41) is 9.34. The minimum Gasteiger partial charge on any atom is -0.497 e. The van der Waals surface area contributed by atoms with E-state index in [-0.39, 0.29) is 6.61 Å². The lowest BCUT2D eigenvalue weighted by Crippen LogP contribution is -2.00. The summed E-state index contributed by atoms with van der Waals surface area (Å²) < 4.78 is 11.0. The van der Waals surface area contributed by atoms with Crippen LogP contribution in [0.15, 0.2) is 42.5 Å². The summed E-state index contributed by atoms with van der Waals surface area (Å²) in [5.74, 6) is 1.44. The fourth-order valence-electron chi connectivity index (χ4n) is 1.88. The zero-order valence-corrected chi connectivity index (χ0v) is 11.2. The highest BCUT2D eigenvalue weighted by atomic mass is 16.5. The molecular formula is C16H18O3. The lowest BCUT2D eigenvalue weighted by molar-refractivity contribution is 0.274. The molecule has 0 unspecified atom stereocenters. The molecule has 0 saturated carbocycles. The summed E-state index contributed by atoms with van der Waals surface area (Å²) in [6.07, 6.45) is 0. The normalized spacial score (nSPS) is 10.3. The lowest BCUT2D eigenvalue weighted by Gasteiger charge is -2.14. The summed E-state index contributed by atoms with van der Waals surface area (Å²) in [4.78, 5) is 0. The second-order valence-corrected chi connectivity index (χ2v) is 4.34. The van der Waals surface area contributed by atoms with Gasteiger partial charge in [0.1, 0.15) is 18.1 Å². The number of benzene rings is 2. The van der Waals surface area contributed by atoms with Crippen LogP contribution in [-0.4, -0.2) is 12.2 Å². The molecule has 0 aliphatic heterocycles. The van der Waals surface area contributed by atoms with Gasteiger partial charge in [0, 0.05) is 6.07 Å². The summed E-state index contributed by atoms with van der Waals surface area (Å²) in [7, 11) is 1.60. The SMILES string of the molecule is COc1cc(CO)c(C)c(OCc2ccccc2)c1. The second-order valence-electron chi connectivity index (χ2n) is 4.34. The third kappa shape index (κ3) is 3.26. The van der Waals surface area contributed by atoms with Crippen molar-refractivity contribution in [3.05, 3.63) is 59.2 Å². The van der Waals surface area contributed by atoms with Crippen molar-refractivity contribution >= 4 is 0 Å². The molecule has 0 amide bonds. The van der Waals surface area contributed by atoms with Gasteiger partial charge in [0.25, 0.3) is 0 Å². The van der Waals surface area contributed by atoms with E-state index in [0.29, 0.717) is 12.4 Å². The van der Waals surface area contributed by atoms with Gasteiger partial charge in [0.2, 0.25) is 0 Å². The summed E-state index contributed by atoms with van der Waals surface area (Å²) in [5.41, 5.74) is 2.87. The monoisotopic (exact) mass is 258 g/mol. The first-order chi connectivity index (χ1) is 9.24. The molecule has 2 aromatic rings. The fraction of sp³-hybridized carbons (Fsp3) is 0.250. The van der Waals surface area contributed by atoms with Crippen molar-refractivity contribution in [2.24, 2.45) is 0 Å². The highest BCUT2D eigenvalue weighted by Gasteiger charge is 2.08. The fourth-order valence-corrected chi connectivity index (χ4v) is 1.88. The van der Waals surface area contributed by atoms with Crippen LogP contribution in [0, 0.1) is 6.92 Å². The third-order valence-corrected chi connectivity index (χ3v) is 3.08. The van der Waals surface area contributed by atoms with Gasteiger partial charge >= 0.3 is 0 Å². The largest absolute Gasteiger partial charge is 0.497 e. The summed E-state index contributed by atoms with van der Waals surface area (Å²) >= 11 is 0. The van der Waals surface area contributed by atoms with E-state index in [0.717, 1.165) is 22.4 Å². The Morgan fingerprint density at radius 1 is 1.11 bits per heavy atom. The topological polar surface area (TPSA) is 38.7 Å². The number of rotatable bonds is 5. The Kier molecular flexibility index (Phi) is 4.42. The molecule has 0 atom stereocenters. The number of methoxy groups -OCH3 is 1. The molecule has 0 saturated heterocycles. The number of hydrogen-bond acceptors (Lipinski definition) is 3. The van der Waals surface area contributed by atoms with Crippen LogP contribution in [0.2, 0.25) is 0 Å². The van der Waals surface area contributed by atoms with Crippen LogP contribution < -0.4 is 9.47 Å². The highest BCUT2D eigenvalue weighted by molar-refractivity contribution is 5.45. The van der Waals surface area contributed by atoms with Gasteiger partial charge in [0.15, 0.2) is 0 Å². The Balaban J connectivity index is 2.19. The molecule has 0 spiro atoms. The van der Waals surface area contributed by atoms with Crippen molar-refractivity contribution in [1.29, 1.82) is 0 Å². The molecule has 0 bridgehead atoms. The molecule has 0 heterocycles. The maximum Gasteiger partial charge on any atom is 0.126 e. The Bertz CT molecular complexity index is 535. The van der Waals surface area contributed by atoms with Gasteiger partial charge in [-0.1, -0.05) is 30.3 Å². The van der Waals surface area contributed by atoms with Crippen LogP contribution in [0.3, 0.4) is 0 Å². The Hall–Kier alpha value is -2.00. The van der Waals surface area contributed by atoms with Crippen molar-refractivity contribution in [2.75, 3.05) is 7.11 Å². The number of aliphatic hydroxyl groups excluding tert-OH is 1. The van der Waals surface area contributed by atoms with Crippen molar-refractivity contribution in [3.8, 4) is 11.5 Å². The Labute approximate surface area is 113 Å². The molecule has 100 valence electrons. The summed E-state index contributed by atoms with van der Waals surface area (Å²) in [6.45, 7) is 2.41. The van der Waals surface area contributed by atoms with Gasteiger partial charge < -0.3 is 14.6 Å². The van der Waals surface area contributed by atoms with Crippen LogP contribution in [0.25, 0.3) is 0 Å². The average Bonchev–Trinajstić information content (AvgIpc) is 2.47. The maximum atomic E-state index is 9.34. The molecule has 0 radical (unpaired) electrons. The van der Waals surface area contributed by atoms with Crippen LogP contribution >= 0.6 is 0 Å². The molecule has 2 rings (SSSR count). The minimum atomic E-state index is -0.0231. The summed E-state index contributed by atoms with van der Waals surface area (Å²) in [6, 6.07) is 13.6. The molecule has 1 N–H and O–H groups in total. The molecule has 0 fully saturated rings. The van der Waals surface area contributed by atoms with E-state index < -0.39 is 0 Å². The molecule has 0 aromatic heterocycles. The predicted molar refractivity (Wildman–Crippen MR) is 74.4 cm³/mol. The quantitative estimate of drug-likeness (QED) is 0.895. The molecule has 3 heteroatoms. The van der Waals surface area contributed by atoms with E-state index in [4.69, 9.17) is 9.47 Å². The number of ether oxygens (including phenoxy) is 2. The van der Waals surface area contributed by atoms with Gasteiger partial charge in [-0.3, -0.25) is 0 Å². The Morgan fingerprint density at radius 2 is 1.84 bits per heavy atom. The van der Waals surface area contributed by atoms with Crippen LogP contribution in [0.1, 0.15) is 16.7 Å². The van der Waals surface area contributed by atoms with Gasteiger partial charge in [-0.15, -0.1) is 0 Å². The second kappa shape index (κ2) is 6.25. The van der Waals surface area contributed by atoms with E-state index >= 15 is 0 Å². The van der Waals surface area contributed by atoms with E-state index in [9.17, 15) is 5.11 Å². The van der Waals surface area contributed by atoms with Gasteiger partial charge in [0.05, 0.1) is 13.7 Å². The number of hydrogen-bond donors (Lipinski definition) is 1. The van der Waals surface area contributed by atoms with Gasteiger partial charge in [-0.2, -0.15) is 0 Å². The average molecular weight is 258 g/mol. The van der Waals surface area contributed by atoms with Crippen molar-refractivity contribution in [3.63, 3.8) is 0 Å². The standard InChI is InChI=1S/C16H18O3/c1-12-14(10-17)8-15(18-2)9-16(12)19-11-13-6-4-3-5-7-13/h3-9,17H,10-11H2,1-2H3. The first kappa shape index (κ1) is 13.4. The van der Waals surface area contributed by atoms with Crippen molar-refractivity contribution < 1.29 is 14.6 Å². The van der Waals surface area contributed by atoms with Crippen molar-refractivity contribution in [2.45, 2.75) is 20.1 Å². The van der Waals surface area contributed by atoms with E-state index in [1.807, 2.05) is 49.4 Å². The zero-order valence-electron chi connectivity index (χ0n) is 11.2. The van der Waals surface area contributed by atoms with Crippen molar-refractivity contribution in [1.82, 2.24) is 0 Å². The van der Waals surface area contributed by atoms with E-state index in [1.54, 1.807) is 7.11 Å². The molecular weight excluding hydrogens is 240 g/mol. The number of aliphatic hydroxyl groups is 1. The van der Waals surface area contributed by atoms with Crippen LogP contribution in [0.4, 0.5) is 0 Å². The maximum absolute atomic E-state index is 9.34. The first-order valence-corrected chi connectivity index (χ1v) is 6.19. The van der Waals surface area contributed by atoms with Crippen LogP contribution in [-0.2, 0) is 13.2 Å². The van der Waals surface area contributed by atoms with Gasteiger partial charge in [-0.25, -0.2) is 0 Å².